The molecule has 2 fully saturated rings. The van der Waals surface area contributed by atoms with E-state index in [2.05, 4.69) is 12.1 Å². The number of ether oxygens (including phenoxy) is 2. The van der Waals surface area contributed by atoms with Gasteiger partial charge in [-0.25, -0.2) is 9.50 Å². The van der Waals surface area contributed by atoms with Crippen molar-refractivity contribution >= 4 is 11.6 Å². The van der Waals surface area contributed by atoms with Crippen LogP contribution in [0.15, 0.2) is 42.6 Å². The van der Waals surface area contributed by atoms with Crippen LogP contribution in [-0.4, -0.2) is 58.8 Å². The summed E-state index contributed by atoms with van der Waals surface area (Å²) in [5.74, 6) is 2.43. The summed E-state index contributed by atoms with van der Waals surface area (Å²) in [6.45, 7) is 2.97. The monoisotopic (exact) mass is 420 g/mol. The Morgan fingerprint density at radius 3 is 2.65 bits per heavy atom. The van der Waals surface area contributed by atoms with Crippen LogP contribution in [0.2, 0.25) is 0 Å². The molecule has 2 aromatic heterocycles. The molecule has 0 aliphatic carbocycles. The van der Waals surface area contributed by atoms with E-state index in [0.717, 1.165) is 67.1 Å². The van der Waals surface area contributed by atoms with Crippen molar-refractivity contribution < 1.29 is 14.3 Å². The van der Waals surface area contributed by atoms with E-state index in [-0.39, 0.29) is 5.92 Å². The molecule has 1 aromatic carbocycles. The molecule has 5 rings (SSSR count). The Balaban J connectivity index is 1.28. The number of amides is 1. The van der Waals surface area contributed by atoms with E-state index < -0.39 is 0 Å². The van der Waals surface area contributed by atoms with Crippen LogP contribution in [0.25, 0.3) is 16.8 Å². The highest BCUT2D eigenvalue weighted by atomic mass is 16.5. The normalized spacial score (nSPS) is 18.4. The summed E-state index contributed by atoms with van der Waals surface area (Å²) in [5, 5.41) is 4.78. The Bertz CT molecular complexity index is 1070. The Morgan fingerprint density at radius 2 is 1.87 bits per heavy atom. The van der Waals surface area contributed by atoms with Crippen molar-refractivity contribution in [1.82, 2.24) is 19.5 Å². The Morgan fingerprint density at radius 1 is 1.06 bits per heavy atom. The number of piperidine rings is 1. The van der Waals surface area contributed by atoms with E-state index in [1.807, 2.05) is 39.9 Å². The van der Waals surface area contributed by atoms with Crippen molar-refractivity contribution in [2.75, 3.05) is 33.4 Å². The van der Waals surface area contributed by atoms with Crippen LogP contribution in [0.1, 0.15) is 37.4 Å². The first kappa shape index (κ1) is 20.0. The third-order valence-corrected chi connectivity index (χ3v) is 6.49. The summed E-state index contributed by atoms with van der Waals surface area (Å²) in [6.07, 6.45) is 5.54. The van der Waals surface area contributed by atoms with Gasteiger partial charge in [0.15, 0.2) is 11.5 Å². The van der Waals surface area contributed by atoms with Crippen molar-refractivity contribution in [3.63, 3.8) is 0 Å². The van der Waals surface area contributed by atoms with Gasteiger partial charge in [-0.05, 0) is 55.5 Å². The molecule has 3 aromatic rings. The first-order chi connectivity index (χ1) is 15.2. The minimum absolute atomic E-state index is 0.133. The van der Waals surface area contributed by atoms with E-state index in [0.29, 0.717) is 25.0 Å². The average molecular weight is 421 g/mol. The third-order valence-electron chi connectivity index (χ3n) is 6.49. The van der Waals surface area contributed by atoms with E-state index in [9.17, 15) is 4.79 Å². The molecule has 0 spiro atoms. The number of carbonyl (C=O) groups excluding carboxylic acids is 1. The molecule has 0 atom stereocenters. The van der Waals surface area contributed by atoms with Crippen LogP contribution >= 0.6 is 0 Å². The van der Waals surface area contributed by atoms with E-state index >= 15 is 0 Å². The molecule has 162 valence electrons. The largest absolute Gasteiger partial charge is 0.497 e. The summed E-state index contributed by atoms with van der Waals surface area (Å²) in [7, 11) is 1.68. The lowest BCUT2D eigenvalue weighted by molar-refractivity contribution is -0.139. The molecule has 0 N–H and O–H groups in total. The minimum Gasteiger partial charge on any atom is -0.497 e. The highest BCUT2D eigenvalue weighted by Gasteiger charge is 2.31. The lowest BCUT2D eigenvalue weighted by Crippen LogP contribution is -2.42. The van der Waals surface area contributed by atoms with Gasteiger partial charge < -0.3 is 14.4 Å². The van der Waals surface area contributed by atoms with Gasteiger partial charge in [-0.15, -0.1) is 0 Å². The smallest absolute Gasteiger partial charge is 0.225 e. The molecule has 0 radical (unpaired) electrons. The lowest BCUT2D eigenvalue weighted by atomic mass is 9.93. The molecule has 0 unspecified atom stereocenters. The van der Waals surface area contributed by atoms with Crippen LogP contribution in [-0.2, 0) is 9.53 Å². The van der Waals surface area contributed by atoms with E-state index in [1.54, 1.807) is 7.11 Å². The molecular formula is C24H28N4O3. The number of pyridine rings is 1. The molecule has 4 heterocycles. The maximum Gasteiger partial charge on any atom is 0.225 e. The summed E-state index contributed by atoms with van der Waals surface area (Å²) in [5.41, 5.74) is 3.00. The number of nitrogens with zero attached hydrogens (tertiary/aromatic N) is 4. The number of hydrogen-bond donors (Lipinski definition) is 0. The van der Waals surface area contributed by atoms with Gasteiger partial charge in [0.05, 0.1) is 7.11 Å². The molecule has 7 nitrogen and oxygen atoms in total. The van der Waals surface area contributed by atoms with E-state index in [4.69, 9.17) is 19.6 Å². The predicted molar refractivity (Wildman–Crippen MR) is 117 cm³/mol. The fourth-order valence-corrected chi connectivity index (χ4v) is 4.61. The highest BCUT2D eigenvalue weighted by Crippen LogP contribution is 2.29. The SMILES string of the molecule is COc1cccc(-c2ccc3nc(C4CCN(C(=O)C5CCOCC5)CC4)nn3c2)c1. The van der Waals surface area contributed by atoms with E-state index in [1.165, 1.54) is 0 Å². The van der Waals surface area contributed by atoms with Crippen LogP contribution in [0, 0.1) is 5.92 Å². The summed E-state index contributed by atoms with van der Waals surface area (Å²) >= 11 is 0. The fourth-order valence-electron chi connectivity index (χ4n) is 4.61. The molecule has 2 aliphatic heterocycles. The Hall–Kier alpha value is -2.93. The second-order valence-electron chi connectivity index (χ2n) is 8.41. The number of aromatic nitrogens is 3. The predicted octanol–water partition coefficient (Wildman–Crippen LogP) is 3.54. The Kier molecular flexibility index (Phi) is 5.59. The molecule has 2 saturated heterocycles. The first-order valence-corrected chi connectivity index (χ1v) is 11.1. The molecular weight excluding hydrogens is 392 g/mol. The third kappa shape index (κ3) is 4.14. The number of carbonyl (C=O) groups is 1. The van der Waals surface area contributed by atoms with Gasteiger partial charge in [-0.3, -0.25) is 4.79 Å². The van der Waals surface area contributed by atoms with Gasteiger partial charge in [-0.1, -0.05) is 12.1 Å². The second kappa shape index (κ2) is 8.67. The number of likely N-dealkylation sites (tertiary alicyclic amines) is 1. The maximum absolute atomic E-state index is 12.8. The van der Waals surface area contributed by atoms with Crippen LogP contribution in [0.5, 0.6) is 5.75 Å². The number of benzene rings is 1. The quantitative estimate of drug-likeness (QED) is 0.646. The summed E-state index contributed by atoms with van der Waals surface area (Å²) in [4.78, 5) is 19.6. The summed E-state index contributed by atoms with van der Waals surface area (Å²) < 4.78 is 12.6. The van der Waals surface area contributed by atoms with Crippen LogP contribution in [0.4, 0.5) is 0 Å². The van der Waals surface area contributed by atoms with Gasteiger partial charge in [-0.2, -0.15) is 5.10 Å². The zero-order valence-corrected chi connectivity index (χ0v) is 17.9. The summed E-state index contributed by atoms with van der Waals surface area (Å²) in [6, 6.07) is 12.1. The number of rotatable bonds is 4. The average Bonchev–Trinajstić information content (AvgIpc) is 3.28. The molecule has 2 aliphatic rings. The lowest BCUT2D eigenvalue weighted by Gasteiger charge is -2.34. The van der Waals surface area contributed by atoms with Gasteiger partial charge >= 0.3 is 0 Å². The van der Waals surface area contributed by atoms with Crippen LogP contribution < -0.4 is 4.74 Å². The second-order valence-corrected chi connectivity index (χ2v) is 8.41. The van der Waals surface area contributed by atoms with Crippen molar-refractivity contribution in [3.8, 4) is 16.9 Å². The number of methoxy groups -OCH3 is 1. The van der Waals surface area contributed by atoms with Gasteiger partial charge in [0, 0.05) is 49.9 Å². The fraction of sp³-hybridized carbons (Fsp3) is 0.458. The standard InChI is InChI=1S/C24H28N4O3/c1-30-21-4-2-3-19(15-21)20-5-6-22-25-23(26-28(22)16-20)17-7-11-27(12-8-17)24(29)18-9-13-31-14-10-18/h2-6,15-18H,7-14H2,1H3. The topological polar surface area (TPSA) is 69.0 Å². The van der Waals surface area contributed by atoms with Gasteiger partial charge in [0.25, 0.3) is 0 Å². The molecule has 31 heavy (non-hydrogen) atoms. The Labute approximate surface area is 182 Å². The van der Waals surface area contributed by atoms with Gasteiger partial charge in [0.2, 0.25) is 5.91 Å². The first-order valence-electron chi connectivity index (χ1n) is 11.1. The molecule has 7 heteroatoms. The zero-order chi connectivity index (χ0) is 21.2. The molecule has 1 amide bonds. The van der Waals surface area contributed by atoms with Gasteiger partial charge in [0.1, 0.15) is 5.75 Å². The van der Waals surface area contributed by atoms with Crippen molar-refractivity contribution in [2.24, 2.45) is 5.92 Å². The number of hydrogen-bond acceptors (Lipinski definition) is 5. The maximum atomic E-state index is 12.8. The minimum atomic E-state index is 0.133. The van der Waals surface area contributed by atoms with Crippen molar-refractivity contribution in [1.29, 1.82) is 0 Å². The number of fused-ring (bicyclic) bond motifs is 1. The van der Waals surface area contributed by atoms with Crippen molar-refractivity contribution in [3.05, 3.63) is 48.4 Å². The van der Waals surface area contributed by atoms with Crippen molar-refractivity contribution in [2.45, 2.75) is 31.6 Å². The van der Waals surface area contributed by atoms with Crippen LogP contribution in [0.3, 0.4) is 0 Å². The molecule has 0 bridgehead atoms. The zero-order valence-electron chi connectivity index (χ0n) is 17.9. The highest BCUT2D eigenvalue weighted by molar-refractivity contribution is 5.79. The molecule has 0 saturated carbocycles.